The Bertz CT molecular complexity index is 783. The molecule has 0 spiro atoms. The molecule has 0 amide bonds. The average molecular weight is 320 g/mol. The van der Waals surface area contributed by atoms with Gasteiger partial charge in [-0.3, -0.25) is 0 Å². The number of ether oxygens (including phenoxy) is 1. The molecular weight excluding hydrogens is 304 g/mol. The lowest BCUT2D eigenvalue weighted by Crippen LogP contribution is -2.04. The summed E-state index contributed by atoms with van der Waals surface area (Å²) in [7, 11) is -4.07. The van der Waals surface area contributed by atoms with Crippen LogP contribution in [-0.4, -0.2) is 19.9 Å². The Morgan fingerprint density at radius 1 is 1.14 bits per heavy atom. The first-order chi connectivity index (χ1) is 10.4. The first-order valence-corrected chi connectivity index (χ1v) is 8.11. The van der Waals surface area contributed by atoms with E-state index in [1.807, 2.05) is 6.92 Å². The van der Waals surface area contributed by atoms with Crippen molar-refractivity contribution in [3.05, 3.63) is 59.3 Å². The third-order valence-electron chi connectivity index (χ3n) is 2.87. The van der Waals surface area contributed by atoms with Gasteiger partial charge in [0.15, 0.2) is 5.75 Å². The molecule has 22 heavy (non-hydrogen) atoms. The molecule has 0 bridgehead atoms. The minimum atomic E-state index is -4.07. The lowest BCUT2D eigenvalue weighted by Gasteiger charge is -2.06. The fraction of sp³-hybridized carbons (Fsp3) is 0.200. The van der Waals surface area contributed by atoms with Crippen LogP contribution in [0.3, 0.4) is 0 Å². The Morgan fingerprint density at radius 2 is 1.77 bits per heavy atom. The fourth-order valence-electron chi connectivity index (χ4n) is 1.79. The number of nitrogens with zero attached hydrogens (tertiary/aromatic N) is 2. The SMILES string of the molecule is CCOc1ccccc1/[N+]([O-])=N/S(=O)(=O)c1ccc(C)cc1. The Kier molecular flexibility index (Phi) is 4.77. The first kappa shape index (κ1) is 16.0. The van der Waals surface area contributed by atoms with Gasteiger partial charge >= 0.3 is 10.0 Å². The van der Waals surface area contributed by atoms with Crippen LogP contribution in [0.4, 0.5) is 5.69 Å². The van der Waals surface area contributed by atoms with Crippen molar-refractivity contribution in [2.75, 3.05) is 6.61 Å². The van der Waals surface area contributed by atoms with Gasteiger partial charge in [-0.25, -0.2) is 0 Å². The molecule has 0 saturated carbocycles. The molecule has 0 unspecified atom stereocenters. The molecule has 0 fully saturated rings. The van der Waals surface area contributed by atoms with Crippen molar-refractivity contribution < 1.29 is 18.0 Å². The second kappa shape index (κ2) is 6.57. The van der Waals surface area contributed by atoms with Crippen LogP contribution in [0.25, 0.3) is 0 Å². The van der Waals surface area contributed by atoms with E-state index in [9.17, 15) is 13.6 Å². The van der Waals surface area contributed by atoms with E-state index in [2.05, 4.69) is 4.52 Å². The van der Waals surface area contributed by atoms with Crippen molar-refractivity contribution in [2.45, 2.75) is 18.7 Å². The summed E-state index contributed by atoms with van der Waals surface area (Å²) in [5.74, 6) is 0.280. The molecule has 0 radical (unpaired) electrons. The third kappa shape index (κ3) is 3.62. The number of hydrogen-bond donors (Lipinski definition) is 0. The second-order valence-electron chi connectivity index (χ2n) is 4.54. The first-order valence-electron chi connectivity index (χ1n) is 6.67. The standard InChI is InChI=1S/C15H16N2O4S/c1-3-21-15-7-5-4-6-14(15)17(18)16-22(19,20)13-10-8-12(2)9-11-13/h4-11H,3H2,1-2H3/b17-16-. The highest BCUT2D eigenvalue weighted by Gasteiger charge is 2.20. The van der Waals surface area contributed by atoms with E-state index in [1.54, 1.807) is 37.3 Å². The van der Waals surface area contributed by atoms with Crippen LogP contribution in [0.15, 0.2) is 57.9 Å². The molecule has 0 aliphatic heterocycles. The quantitative estimate of drug-likeness (QED) is 0.480. The predicted molar refractivity (Wildman–Crippen MR) is 81.7 cm³/mol. The van der Waals surface area contributed by atoms with Gasteiger partial charge in [0.2, 0.25) is 0 Å². The molecule has 2 aromatic carbocycles. The van der Waals surface area contributed by atoms with Gasteiger partial charge in [-0.2, -0.15) is 8.42 Å². The van der Waals surface area contributed by atoms with E-state index in [0.29, 0.717) is 6.61 Å². The van der Waals surface area contributed by atoms with Gasteiger partial charge in [0, 0.05) is 6.07 Å². The Labute approximate surface area is 129 Å². The molecule has 7 heteroatoms. The maximum atomic E-state index is 12.1. The maximum absolute atomic E-state index is 12.1. The van der Waals surface area contributed by atoms with Gasteiger partial charge in [0.05, 0.1) is 11.5 Å². The minimum Gasteiger partial charge on any atom is -0.593 e. The summed E-state index contributed by atoms with van der Waals surface area (Å²) < 4.78 is 32.9. The van der Waals surface area contributed by atoms with Crippen LogP contribution in [-0.2, 0) is 10.0 Å². The van der Waals surface area contributed by atoms with Crippen LogP contribution < -0.4 is 4.74 Å². The Morgan fingerprint density at radius 3 is 2.41 bits per heavy atom. The normalized spacial score (nSPS) is 12.2. The lowest BCUT2D eigenvalue weighted by molar-refractivity contribution is -0.430. The number of hydrogen-bond acceptors (Lipinski definition) is 4. The smallest absolute Gasteiger partial charge is 0.337 e. The monoisotopic (exact) mass is 320 g/mol. The summed E-state index contributed by atoms with van der Waals surface area (Å²) in [4.78, 5) is 0.0352. The largest absolute Gasteiger partial charge is 0.593 e. The second-order valence-corrected chi connectivity index (χ2v) is 6.13. The van der Waals surface area contributed by atoms with Crippen molar-refractivity contribution in [1.29, 1.82) is 0 Å². The number of aryl methyl sites for hydroxylation is 1. The summed E-state index contributed by atoms with van der Waals surface area (Å²) in [6, 6.07) is 12.4. The zero-order valence-corrected chi connectivity index (χ0v) is 13.1. The van der Waals surface area contributed by atoms with Gasteiger partial charge in [0.25, 0.3) is 5.69 Å². The lowest BCUT2D eigenvalue weighted by atomic mass is 10.2. The van der Waals surface area contributed by atoms with Crippen LogP contribution in [0.2, 0.25) is 0 Å². The van der Waals surface area contributed by atoms with Gasteiger partial charge in [0.1, 0.15) is 4.52 Å². The molecule has 6 nitrogen and oxygen atoms in total. The molecule has 0 aliphatic rings. The highest BCUT2D eigenvalue weighted by atomic mass is 32.2. The van der Waals surface area contributed by atoms with Crippen LogP contribution in [0.5, 0.6) is 5.75 Å². The molecule has 0 saturated heterocycles. The van der Waals surface area contributed by atoms with E-state index < -0.39 is 10.0 Å². The van der Waals surface area contributed by atoms with Crippen LogP contribution >= 0.6 is 0 Å². The third-order valence-corrected chi connectivity index (χ3v) is 4.10. The zero-order chi connectivity index (χ0) is 16.2. The highest BCUT2D eigenvalue weighted by Crippen LogP contribution is 2.27. The van der Waals surface area contributed by atoms with Gasteiger partial charge in [-0.1, -0.05) is 29.8 Å². The summed E-state index contributed by atoms with van der Waals surface area (Å²) >= 11 is 0. The predicted octanol–water partition coefficient (Wildman–Crippen LogP) is 3.38. The summed E-state index contributed by atoms with van der Waals surface area (Å²) in [5, 5.41) is 12.1. The van der Waals surface area contributed by atoms with Crippen molar-refractivity contribution in [3.8, 4) is 5.75 Å². The number of rotatable bonds is 5. The fourth-order valence-corrected chi connectivity index (χ4v) is 2.65. The van der Waals surface area contributed by atoms with E-state index in [0.717, 1.165) is 5.56 Å². The summed E-state index contributed by atoms with van der Waals surface area (Å²) in [6.07, 6.45) is 0. The molecule has 0 aliphatic carbocycles. The van der Waals surface area contributed by atoms with Crippen molar-refractivity contribution in [2.24, 2.45) is 4.52 Å². The Hall–Kier alpha value is -2.41. The van der Waals surface area contributed by atoms with Gasteiger partial charge < -0.3 is 9.94 Å². The maximum Gasteiger partial charge on any atom is 0.337 e. The average Bonchev–Trinajstić information content (AvgIpc) is 2.48. The van der Waals surface area contributed by atoms with Crippen molar-refractivity contribution in [3.63, 3.8) is 0 Å². The zero-order valence-electron chi connectivity index (χ0n) is 12.3. The highest BCUT2D eigenvalue weighted by molar-refractivity contribution is 7.89. The van der Waals surface area contributed by atoms with Crippen LogP contribution in [0, 0.1) is 12.1 Å². The molecule has 0 heterocycles. The molecule has 0 N–H and O–H groups in total. The molecule has 0 atom stereocenters. The van der Waals surface area contributed by atoms with Crippen molar-refractivity contribution in [1.82, 2.24) is 0 Å². The van der Waals surface area contributed by atoms with E-state index in [1.165, 1.54) is 18.2 Å². The number of sulfonamides is 1. The van der Waals surface area contributed by atoms with Gasteiger partial charge in [-0.15, -0.1) is 0 Å². The summed E-state index contributed by atoms with van der Waals surface area (Å²) in [5.41, 5.74) is 0.958. The molecule has 2 aromatic rings. The van der Waals surface area contributed by atoms with Gasteiger partial charge in [-0.05, 0) is 36.9 Å². The summed E-state index contributed by atoms with van der Waals surface area (Å²) in [6.45, 7) is 3.97. The topological polar surface area (TPSA) is 81.8 Å². The molecule has 0 aromatic heterocycles. The number of para-hydroxylation sites is 2. The Balaban J connectivity index is 2.41. The van der Waals surface area contributed by atoms with Crippen molar-refractivity contribution >= 4 is 15.7 Å². The van der Waals surface area contributed by atoms with E-state index in [-0.39, 0.29) is 21.2 Å². The van der Waals surface area contributed by atoms with E-state index in [4.69, 9.17) is 4.74 Å². The van der Waals surface area contributed by atoms with Crippen LogP contribution in [0.1, 0.15) is 12.5 Å². The molecule has 116 valence electrons. The number of benzene rings is 2. The molecular formula is C15H16N2O4S. The molecule has 2 rings (SSSR count). The minimum absolute atomic E-state index is 0.0344. The van der Waals surface area contributed by atoms with E-state index >= 15 is 0 Å².